The first-order valence-electron chi connectivity index (χ1n) is 10.8. The van der Waals surface area contributed by atoms with Crippen LogP contribution in [0.15, 0.2) is 48.8 Å². The van der Waals surface area contributed by atoms with Crippen molar-refractivity contribution < 1.29 is 9.59 Å². The van der Waals surface area contributed by atoms with Crippen LogP contribution in [0.4, 0.5) is 0 Å². The molecule has 2 aliphatic heterocycles. The molecule has 2 aromatic rings. The molecular weight excluding hydrogens is 378 g/mol. The molecule has 1 unspecified atom stereocenters. The lowest BCUT2D eigenvalue weighted by atomic mass is 9.71. The molecule has 0 radical (unpaired) electrons. The summed E-state index contributed by atoms with van der Waals surface area (Å²) in [5, 5.41) is 7.26. The van der Waals surface area contributed by atoms with Crippen molar-refractivity contribution in [1.82, 2.24) is 24.9 Å². The third kappa shape index (κ3) is 4.41. The van der Waals surface area contributed by atoms with Crippen molar-refractivity contribution in [3.63, 3.8) is 0 Å². The van der Waals surface area contributed by atoms with Crippen LogP contribution in [0.1, 0.15) is 25.8 Å². The predicted molar refractivity (Wildman–Crippen MR) is 114 cm³/mol. The van der Waals surface area contributed by atoms with Gasteiger partial charge >= 0.3 is 0 Å². The molecule has 3 heterocycles. The van der Waals surface area contributed by atoms with E-state index in [1.807, 2.05) is 49.2 Å². The van der Waals surface area contributed by atoms with Crippen LogP contribution in [-0.4, -0.2) is 63.6 Å². The summed E-state index contributed by atoms with van der Waals surface area (Å²) >= 11 is 0. The van der Waals surface area contributed by atoms with Gasteiger partial charge in [-0.15, -0.1) is 0 Å². The molecular formula is C23H31N5O2. The van der Waals surface area contributed by atoms with Crippen LogP contribution in [0.5, 0.6) is 0 Å². The summed E-state index contributed by atoms with van der Waals surface area (Å²) in [5.41, 5.74) is 1.11. The molecule has 1 atom stereocenters. The van der Waals surface area contributed by atoms with E-state index in [0.717, 1.165) is 19.6 Å². The third-order valence-electron chi connectivity index (χ3n) is 6.19. The van der Waals surface area contributed by atoms with Crippen molar-refractivity contribution >= 4 is 11.8 Å². The molecule has 2 saturated heterocycles. The van der Waals surface area contributed by atoms with Gasteiger partial charge in [0.1, 0.15) is 0 Å². The van der Waals surface area contributed by atoms with E-state index >= 15 is 0 Å². The standard InChI is InChI=1S/C23H31N5O2/c1-18(2)25-22(30)20-14-26(13-19-7-4-3-5-8-19)15-23(20)16-27(17-23)21(29)9-12-28-11-6-10-24-28/h3-8,10-11,18,20H,9,12-17H2,1-2H3,(H,25,30). The summed E-state index contributed by atoms with van der Waals surface area (Å²) in [6, 6.07) is 12.3. The number of rotatable bonds is 7. The van der Waals surface area contributed by atoms with Crippen LogP contribution in [-0.2, 0) is 22.7 Å². The summed E-state index contributed by atoms with van der Waals surface area (Å²) in [6.07, 6.45) is 4.03. The Bertz CT molecular complexity index is 859. The fraction of sp³-hybridized carbons (Fsp3) is 0.522. The Morgan fingerprint density at radius 3 is 2.60 bits per heavy atom. The van der Waals surface area contributed by atoms with Crippen molar-refractivity contribution in [2.45, 2.75) is 39.4 Å². The number of aromatic nitrogens is 2. The second-order valence-electron chi connectivity index (χ2n) is 9.00. The number of nitrogens with zero attached hydrogens (tertiary/aromatic N) is 4. The number of hydrogen-bond donors (Lipinski definition) is 1. The van der Waals surface area contributed by atoms with Crippen LogP contribution in [0.25, 0.3) is 0 Å². The van der Waals surface area contributed by atoms with E-state index in [4.69, 9.17) is 0 Å². The zero-order chi connectivity index (χ0) is 21.1. The van der Waals surface area contributed by atoms with E-state index in [9.17, 15) is 9.59 Å². The van der Waals surface area contributed by atoms with Crippen LogP contribution in [0.3, 0.4) is 0 Å². The molecule has 1 N–H and O–H groups in total. The van der Waals surface area contributed by atoms with Crippen LogP contribution in [0, 0.1) is 11.3 Å². The minimum absolute atomic E-state index is 0.0845. The number of amides is 2. The highest BCUT2D eigenvalue weighted by atomic mass is 16.2. The van der Waals surface area contributed by atoms with Gasteiger partial charge in [0.25, 0.3) is 0 Å². The molecule has 0 saturated carbocycles. The Labute approximate surface area is 178 Å². The average Bonchev–Trinajstić information content (AvgIpc) is 3.33. The molecule has 7 nitrogen and oxygen atoms in total. The summed E-state index contributed by atoms with van der Waals surface area (Å²) in [7, 11) is 0. The SMILES string of the molecule is CC(C)NC(=O)C1CN(Cc2ccccc2)CC12CN(C(=O)CCn1cccn1)C2. The first kappa shape index (κ1) is 20.6. The normalized spacial score (nSPS) is 20.5. The Morgan fingerprint density at radius 1 is 1.17 bits per heavy atom. The molecule has 0 aliphatic carbocycles. The summed E-state index contributed by atoms with van der Waals surface area (Å²) in [4.78, 5) is 29.9. The number of likely N-dealkylation sites (tertiary alicyclic amines) is 2. The highest BCUT2D eigenvalue weighted by molar-refractivity contribution is 5.82. The van der Waals surface area contributed by atoms with Gasteiger partial charge in [-0.1, -0.05) is 30.3 Å². The number of nitrogens with one attached hydrogen (secondary N) is 1. The van der Waals surface area contributed by atoms with Crippen molar-refractivity contribution in [3.8, 4) is 0 Å². The van der Waals surface area contributed by atoms with Crippen LogP contribution < -0.4 is 5.32 Å². The number of carbonyl (C=O) groups is 2. The minimum atomic E-state index is -0.144. The van der Waals surface area contributed by atoms with E-state index in [2.05, 4.69) is 27.4 Å². The summed E-state index contributed by atoms with van der Waals surface area (Å²) in [5.74, 6) is 0.170. The topological polar surface area (TPSA) is 70.5 Å². The summed E-state index contributed by atoms with van der Waals surface area (Å²) < 4.78 is 1.78. The van der Waals surface area contributed by atoms with Crippen molar-refractivity contribution in [1.29, 1.82) is 0 Å². The fourth-order valence-corrected chi connectivity index (χ4v) is 4.79. The number of aryl methyl sites for hydroxylation is 1. The van der Waals surface area contributed by atoms with E-state index in [-0.39, 0.29) is 29.2 Å². The lowest BCUT2D eigenvalue weighted by Gasteiger charge is -2.50. The van der Waals surface area contributed by atoms with Gasteiger partial charge < -0.3 is 10.2 Å². The first-order valence-corrected chi connectivity index (χ1v) is 10.8. The quantitative estimate of drug-likeness (QED) is 0.757. The number of carbonyl (C=O) groups excluding carboxylic acids is 2. The van der Waals surface area contributed by atoms with Gasteiger partial charge in [-0.3, -0.25) is 19.2 Å². The monoisotopic (exact) mass is 409 g/mol. The maximum atomic E-state index is 13.0. The largest absolute Gasteiger partial charge is 0.354 e. The highest BCUT2D eigenvalue weighted by Crippen LogP contribution is 2.44. The average molecular weight is 410 g/mol. The molecule has 2 amide bonds. The zero-order valence-electron chi connectivity index (χ0n) is 17.8. The maximum Gasteiger partial charge on any atom is 0.225 e. The maximum absolute atomic E-state index is 13.0. The number of benzene rings is 1. The predicted octanol–water partition coefficient (Wildman–Crippen LogP) is 1.76. The first-order chi connectivity index (χ1) is 14.4. The Morgan fingerprint density at radius 2 is 1.93 bits per heavy atom. The Balaban J connectivity index is 1.40. The molecule has 1 spiro atoms. The molecule has 160 valence electrons. The molecule has 30 heavy (non-hydrogen) atoms. The summed E-state index contributed by atoms with van der Waals surface area (Å²) in [6.45, 7) is 8.32. The zero-order valence-corrected chi connectivity index (χ0v) is 17.8. The van der Waals surface area contributed by atoms with Gasteiger partial charge in [-0.05, 0) is 25.5 Å². The molecule has 2 fully saturated rings. The molecule has 2 aliphatic rings. The van der Waals surface area contributed by atoms with Gasteiger partial charge in [0, 0.05) is 69.5 Å². The van der Waals surface area contributed by atoms with Gasteiger partial charge in [0.05, 0.1) is 5.92 Å². The molecule has 7 heteroatoms. The third-order valence-corrected chi connectivity index (χ3v) is 6.19. The van der Waals surface area contributed by atoms with Crippen LogP contribution in [0.2, 0.25) is 0 Å². The van der Waals surface area contributed by atoms with E-state index < -0.39 is 0 Å². The van der Waals surface area contributed by atoms with E-state index in [1.165, 1.54) is 5.56 Å². The second-order valence-corrected chi connectivity index (χ2v) is 9.00. The Hall–Kier alpha value is -2.67. The van der Waals surface area contributed by atoms with Crippen molar-refractivity contribution in [3.05, 3.63) is 54.4 Å². The molecule has 4 rings (SSSR count). The molecule has 1 aromatic carbocycles. The Kier molecular flexibility index (Phi) is 5.90. The van der Waals surface area contributed by atoms with E-state index in [1.54, 1.807) is 10.9 Å². The smallest absolute Gasteiger partial charge is 0.225 e. The van der Waals surface area contributed by atoms with E-state index in [0.29, 0.717) is 26.1 Å². The van der Waals surface area contributed by atoms with Gasteiger partial charge in [-0.25, -0.2) is 0 Å². The lowest BCUT2D eigenvalue weighted by molar-refractivity contribution is -0.150. The minimum Gasteiger partial charge on any atom is -0.354 e. The second kappa shape index (κ2) is 8.60. The van der Waals surface area contributed by atoms with Gasteiger partial charge in [0.2, 0.25) is 11.8 Å². The van der Waals surface area contributed by atoms with Gasteiger partial charge in [-0.2, -0.15) is 5.10 Å². The highest BCUT2D eigenvalue weighted by Gasteiger charge is 2.57. The molecule has 0 bridgehead atoms. The van der Waals surface area contributed by atoms with Crippen molar-refractivity contribution in [2.24, 2.45) is 11.3 Å². The molecule has 1 aromatic heterocycles. The van der Waals surface area contributed by atoms with Crippen molar-refractivity contribution in [2.75, 3.05) is 26.2 Å². The lowest BCUT2D eigenvalue weighted by Crippen LogP contribution is -2.64. The fourth-order valence-electron chi connectivity index (χ4n) is 4.79. The number of hydrogen-bond acceptors (Lipinski definition) is 4. The van der Waals surface area contributed by atoms with Gasteiger partial charge in [0.15, 0.2) is 0 Å². The van der Waals surface area contributed by atoms with Crippen LogP contribution >= 0.6 is 0 Å².